The number of hydrogen-bond donors (Lipinski definition) is 0. The van der Waals surface area contributed by atoms with Gasteiger partial charge in [-0.15, -0.1) is 0 Å². The number of hydrogen-bond acceptors (Lipinski definition) is 1. The highest BCUT2D eigenvalue weighted by Gasteiger charge is 2.06. The molecule has 0 spiro atoms. The van der Waals surface area contributed by atoms with Crippen LogP contribution < -0.4 is 0 Å². The smallest absolute Gasteiger partial charge is 0.160 e. The van der Waals surface area contributed by atoms with Crippen LogP contribution in [0.1, 0.15) is 24.7 Å². The van der Waals surface area contributed by atoms with Gasteiger partial charge in [0.25, 0.3) is 0 Å². The van der Waals surface area contributed by atoms with Crippen molar-refractivity contribution < 1.29 is 4.79 Å². The quantitative estimate of drug-likeness (QED) is 0.682. The molecule has 0 amide bonds. The molecule has 0 aliphatic heterocycles. The van der Waals surface area contributed by atoms with Gasteiger partial charge in [-0.1, -0.05) is 62.0 Å². The molecule has 0 saturated carbocycles. The minimum absolute atomic E-state index is 0. The fraction of sp³-hybridized carbons (Fsp3) is 0.133. The lowest BCUT2D eigenvalue weighted by atomic mass is 9.98. The molecule has 0 atom stereocenters. The van der Waals surface area contributed by atoms with Crippen molar-refractivity contribution in [2.24, 2.45) is 0 Å². The summed E-state index contributed by atoms with van der Waals surface area (Å²) in [5.41, 5.74) is 2.87. The molecule has 0 radical (unpaired) electrons. The third kappa shape index (κ3) is 2.37. The van der Waals surface area contributed by atoms with Crippen LogP contribution in [0.15, 0.2) is 54.6 Å². The molecule has 0 saturated heterocycles. The summed E-state index contributed by atoms with van der Waals surface area (Å²) >= 11 is 0. The van der Waals surface area contributed by atoms with Crippen molar-refractivity contribution in [3.05, 3.63) is 60.2 Å². The van der Waals surface area contributed by atoms with Crippen molar-refractivity contribution in [1.29, 1.82) is 0 Å². The predicted octanol–water partition coefficient (Wildman–Crippen LogP) is 4.19. The number of ketones is 1. The molecule has 1 nitrogen and oxygen atoms in total. The summed E-state index contributed by atoms with van der Waals surface area (Å²) in [5, 5.41) is 0. The zero-order valence-electron chi connectivity index (χ0n) is 8.60. The van der Waals surface area contributed by atoms with E-state index in [0.717, 1.165) is 16.7 Å². The van der Waals surface area contributed by atoms with Crippen LogP contribution >= 0.6 is 0 Å². The minimum atomic E-state index is 0. The first-order chi connectivity index (χ1) is 7.29. The van der Waals surface area contributed by atoms with Crippen LogP contribution in [-0.2, 0) is 0 Å². The van der Waals surface area contributed by atoms with Crippen LogP contribution in [0.5, 0.6) is 0 Å². The fourth-order valence-corrected chi connectivity index (χ4v) is 1.66. The Morgan fingerprint density at radius 1 is 0.875 bits per heavy atom. The van der Waals surface area contributed by atoms with E-state index in [-0.39, 0.29) is 13.2 Å². The first kappa shape index (κ1) is 12.2. The molecule has 2 rings (SSSR count). The molecule has 2 aromatic carbocycles. The number of carbonyl (C=O) groups excluding carboxylic acids is 1. The highest BCUT2D eigenvalue weighted by molar-refractivity contribution is 6.00. The van der Waals surface area contributed by atoms with Crippen LogP contribution in [0.2, 0.25) is 0 Å². The van der Waals surface area contributed by atoms with Gasteiger partial charge in [0.2, 0.25) is 0 Å². The van der Waals surface area contributed by atoms with Crippen LogP contribution in [0.25, 0.3) is 11.1 Å². The van der Waals surface area contributed by atoms with Gasteiger partial charge in [-0.2, -0.15) is 0 Å². The van der Waals surface area contributed by atoms with Gasteiger partial charge >= 0.3 is 0 Å². The molecule has 0 aliphatic carbocycles. The molecule has 0 unspecified atom stereocenters. The molecule has 16 heavy (non-hydrogen) atoms. The van der Waals surface area contributed by atoms with Crippen LogP contribution in [0, 0.1) is 0 Å². The standard InChI is InChI=1S/C14H12O.CH4/c1-11(15)13-9-5-6-10-14(13)12-7-3-2-4-8-12;/h2-10H,1H3;1H4. The highest BCUT2D eigenvalue weighted by atomic mass is 16.1. The lowest BCUT2D eigenvalue weighted by Gasteiger charge is -2.06. The van der Waals surface area contributed by atoms with E-state index in [2.05, 4.69) is 0 Å². The second kappa shape index (κ2) is 5.26. The van der Waals surface area contributed by atoms with Crippen molar-refractivity contribution in [2.75, 3.05) is 0 Å². The van der Waals surface area contributed by atoms with Gasteiger partial charge in [-0.25, -0.2) is 0 Å². The van der Waals surface area contributed by atoms with Gasteiger partial charge in [0.05, 0.1) is 0 Å². The summed E-state index contributed by atoms with van der Waals surface area (Å²) in [6.45, 7) is 1.60. The zero-order chi connectivity index (χ0) is 10.7. The lowest BCUT2D eigenvalue weighted by Crippen LogP contribution is -1.95. The first-order valence-corrected chi connectivity index (χ1v) is 4.94. The second-order valence-corrected chi connectivity index (χ2v) is 3.47. The van der Waals surface area contributed by atoms with E-state index in [0.29, 0.717) is 0 Å². The second-order valence-electron chi connectivity index (χ2n) is 3.47. The maximum atomic E-state index is 11.4. The number of rotatable bonds is 2. The van der Waals surface area contributed by atoms with Crippen LogP contribution in [0.4, 0.5) is 0 Å². The normalized spacial score (nSPS) is 9.31. The van der Waals surface area contributed by atoms with Gasteiger partial charge in [-0.05, 0) is 18.1 Å². The average molecular weight is 212 g/mol. The molecule has 0 fully saturated rings. The summed E-state index contributed by atoms with van der Waals surface area (Å²) < 4.78 is 0. The fourth-order valence-electron chi connectivity index (χ4n) is 1.66. The molecule has 0 N–H and O–H groups in total. The Kier molecular flexibility index (Phi) is 4.01. The van der Waals surface area contributed by atoms with Crippen molar-refractivity contribution in [3.63, 3.8) is 0 Å². The van der Waals surface area contributed by atoms with E-state index < -0.39 is 0 Å². The summed E-state index contributed by atoms with van der Waals surface area (Å²) in [6, 6.07) is 17.6. The summed E-state index contributed by atoms with van der Waals surface area (Å²) in [7, 11) is 0. The van der Waals surface area contributed by atoms with Gasteiger partial charge < -0.3 is 0 Å². The maximum Gasteiger partial charge on any atom is 0.160 e. The number of Topliss-reactive ketones (excluding diaryl/α,β-unsaturated/α-hetero) is 1. The Morgan fingerprint density at radius 2 is 1.44 bits per heavy atom. The zero-order valence-corrected chi connectivity index (χ0v) is 8.60. The Balaban J connectivity index is 0.00000128. The third-order valence-corrected chi connectivity index (χ3v) is 2.39. The molecule has 1 heteroatoms. The van der Waals surface area contributed by atoms with Gasteiger partial charge in [0.1, 0.15) is 0 Å². The minimum Gasteiger partial charge on any atom is -0.294 e. The molecule has 0 heterocycles. The van der Waals surface area contributed by atoms with E-state index in [1.54, 1.807) is 6.92 Å². The van der Waals surface area contributed by atoms with E-state index >= 15 is 0 Å². The number of benzene rings is 2. The first-order valence-electron chi connectivity index (χ1n) is 4.94. The molecular formula is C15H16O. The maximum absolute atomic E-state index is 11.4. The lowest BCUT2D eigenvalue weighted by molar-refractivity contribution is 0.101. The molecule has 0 aliphatic rings. The Bertz CT molecular complexity index is 472. The molecule has 0 bridgehead atoms. The van der Waals surface area contributed by atoms with Crippen LogP contribution in [0.3, 0.4) is 0 Å². The largest absolute Gasteiger partial charge is 0.294 e. The Morgan fingerprint density at radius 3 is 2.06 bits per heavy atom. The topological polar surface area (TPSA) is 17.1 Å². The number of carbonyl (C=O) groups is 1. The van der Waals surface area contributed by atoms with Crippen molar-refractivity contribution >= 4 is 5.78 Å². The molecule has 2 aromatic rings. The Hall–Kier alpha value is -1.89. The summed E-state index contributed by atoms with van der Waals surface area (Å²) in [5.74, 6) is 0.106. The van der Waals surface area contributed by atoms with Gasteiger partial charge in [0, 0.05) is 5.56 Å². The highest BCUT2D eigenvalue weighted by Crippen LogP contribution is 2.23. The van der Waals surface area contributed by atoms with E-state index in [1.807, 2.05) is 54.6 Å². The third-order valence-electron chi connectivity index (χ3n) is 2.39. The van der Waals surface area contributed by atoms with E-state index in [4.69, 9.17) is 0 Å². The Labute approximate surface area is 96.8 Å². The SMILES string of the molecule is C.CC(=O)c1ccccc1-c1ccccc1. The average Bonchev–Trinajstić information content (AvgIpc) is 2.30. The van der Waals surface area contributed by atoms with E-state index in [9.17, 15) is 4.79 Å². The van der Waals surface area contributed by atoms with E-state index in [1.165, 1.54) is 0 Å². The van der Waals surface area contributed by atoms with Gasteiger partial charge in [0.15, 0.2) is 5.78 Å². The predicted molar refractivity (Wildman–Crippen MR) is 68.6 cm³/mol. The van der Waals surface area contributed by atoms with Gasteiger partial charge in [-0.3, -0.25) is 4.79 Å². The monoisotopic (exact) mass is 212 g/mol. The molecule has 82 valence electrons. The van der Waals surface area contributed by atoms with Crippen molar-refractivity contribution in [1.82, 2.24) is 0 Å². The molecular weight excluding hydrogens is 196 g/mol. The van der Waals surface area contributed by atoms with Crippen molar-refractivity contribution in [3.8, 4) is 11.1 Å². The molecule has 0 aromatic heterocycles. The summed E-state index contributed by atoms with van der Waals surface area (Å²) in [4.78, 5) is 11.4. The van der Waals surface area contributed by atoms with Crippen molar-refractivity contribution in [2.45, 2.75) is 14.4 Å². The van der Waals surface area contributed by atoms with Crippen LogP contribution in [-0.4, -0.2) is 5.78 Å². The summed E-state index contributed by atoms with van der Waals surface area (Å²) in [6.07, 6.45) is 0.